The largest absolute Gasteiger partial charge is 0.467 e. The Balaban J connectivity index is 1.58. The second kappa shape index (κ2) is 7.90. The Hall–Kier alpha value is -3.35. The fourth-order valence-corrected chi connectivity index (χ4v) is 2.64. The molecule has 1 amide bonds. The fraction of sp³-hybridized carbons (Fsp3) is 0.250. The van der Waals surface area contributed by atoms with E-state index in [4.69, 9.17) is 9.15 Å². The van der Waals surface area contributed by atoms with Gasteiger partial charge in [0.05, 0.1) is 29.8 Å². The molecule has 2 aromatic heterocycles. The van der Waals surface area contributed by atoms with Crippen molar-refractivity contribution in [3.05, 3.63) is 71.4 Å². The summed E-state index contributed by atoms with van der Waals surface area (Å²) in [6.07, 6.45) is 0.615. The highest BCUT2D eigenvalue weighted by atomic mass is 16.5. The molecule has 0 saturated heterocycles. The summed E-state index contributed by atoms with van der Waals surface area (Å²) in [5.74, 6) is -0.323. The Morgan fingerprint density at radius 1 is 1.22 bits per heavy atom. The van der Waals surface area contributed by atoms with Crippen molar-refractivity contribution in [2.24, 2.45) is 0 Å². The van der Waals surface area contributed by atoms with E-state index in [1.54, 1.807) is 41.1 Å². The lowest BCUT2D eigenvalue weighted by molar-refractivity contribution is -0.129. The van der Waals surface area contributed by atoms with E-state index >= 15 is 0 Å². The molecule has 0 bridgehead atoms. The SMILES string of the molecule is Cc1cc(C)n(-c2ccc(C(=O)O[C@@H](C)C(=O)NCc3ccco3)cc2)n1. The average Bonchev–Trinajstić information content (AvgIpc) is 3.28. The van der Waals surface area contributed by atoms with Crippen LogP contribution in [0.5, 0.6) is 0 Å². The third kappa shape index (κ3) is 4.44. The second-order valence-electron chi connectivity index (χ2n) is 6.23. The normalized spacial score (nSPS) is 11.8. The van der Waals surface area contributed by atoms with E-state index in [0.717, 1.165) is 17.1 Å². The number of aromatic nitrogens is 2. The van der Waals surface area contributed by atoms with Crippen LogP contribution in [0, 0.1) is 13.8 Å². The zero-order valence-corrected chi connectivity index (χ0v) is 15.4. The second-order valence-corrected chi connectivity index (χ2v) is 6.23. The van der Waals surface area contributed by atoms with Gasteiger partial charge < -0.3 is 14.5 Å². The van der Waals surface area contributed by atoms with Gasteiger partial charge >= 0.3 is 5.97 Å². The van der Waals surface area contributed by atoms with Gasteiger partial charge in [0.25, 0.3) is 5.91 Å². The predicted molar refractivity (Wildman–Crippen MR) is 98.5 cm³/mol. The van der Waals surface area contributed by atoms with Crippen LogP contribution in [0.15, 0.2) is 53.1 Å². The molecule has 1 aromatic carbocycles. The van der Waals surface area contributed by atoms with Crippen LogP contribution in [0.1, 0.15) is 34.4 Å². The van der Waals surface area contributed by atoms with E-state index in [1.807, 2.05) is 19.9 Å². The van der Waals surface area contributed by atoms with Crippen LogP contribution >= 0.6 is 0 Å². The number of benzene rings is 1. The molecule has 3 aromatic rings. The molecule has 140 valence electrons. The van der Waals surface area contributed by atoms with E-state index in [-0.39, 0.29) is 12.5 Å². The van der Waals surface area contributed by atoms with E-state index < -0.39 is 12.1 Å². The maximum atomic E-state index is 12.3. The summed E-state index contributed by atoms with van der Waals surface area (Å²) >= 11 is 0. The number of furan rings is 1. The van der Waals surface area contributed by atoms with Crippen molar-refractivity contribution in [1.82, 2.24) is 15.1 Å². The van der Waals surface area contributed by atoms with Crippen LogP contribution in [0.25, 0.3) is 5.69 Å². The Bertz CT molecular complexity index is 927. The van der Waals surface area contributed by atoms with Gasteiger partial charge in [0.1, 0.15) is 5.76 Å². The van der Waals surface area contributed by atoms with Gasteiger partial charge in [-0.2, -0.15) is 5.10 Å². The van der Waals surface area contributed by atoms with Crippen molar-refractivity contribution in [3.63, 3.8) is 0 Å². The van der Waals surface area contributed by atoms with Crippen molar-refractivity contribution >= 4 is 11.9 Å². The van der Waals surface area contributed by atoms with Crippen LogP contribution in [0.2, 0.25) is 0 Å². The van der Waals surface area contributed by atoms with Crippen molar-refractivity contribution in [3.8, 4) is 5.69 Å². The summed E-state index contributed by atoms with van der Waals surface area (Å²) in [6, 6.07) is 12.4. The number of hydrogen-bond donors (Lipinski definition) is 1. The first-order chi connectivity index (χ1) is 12.9. The highest BCUT2D eigenvalue weighted by Gasteiger charge is 2.19. The lowest BCUT2D eigenvalue weighted by atomic mass is 10.2. The summed E-state index contributed by atoms with van der Waals surface area (Å²) in [7, 11) is 0. The van der Waals surface area contributed by atoms with Crippen molar-refractivity contribution in [1.29, 1.82) is 0 Å². The van der Waals surface area contributed by atoms with Gasteiger partial charge in [0.15, 0.2) is 6.10 Å². The Kier molecular flexibility index (Phi) is 5.40. The molecule has 0 aliphatic carbocycles. The Morgan fingerprint density at radius 2 is 1.96 bits per heavy atom. The lowest BCUT2D eigenvalue weighted by Gasteiger charge is -2.13. The zero-order chi connectivity index (χ0) is 19.4. The molecule has 0 fully saturated rings. The smallest absolute Gasteiger partial charge is 0.338 e. The summed E-state index contributed by atoms with van der Waals surface area (Å²) in [5.41, 5.74) is 3.14. The zero-order valence-electron chi connectivity index (χ0n) is 15.4. The topological polar surface area (TPSA) is 86.4 Å². The van der Waals surface area contributed by atoms with Gasteiger partial charge in [-0.15, -0.1) is 0 Å². The number of nitrogens with one attached hydrogen (secondary N) is 1. The molecular weight excluding hydrogens is 346 g/mol. The highest BCUT2D eigenvalue weighted by molar-refractivity contribution is 5.92. The number of carbonyl (C=O) groups is 2. The number of ether oxygens (including phenoxy) is 1. The van der Waals surface area contributed by atoms with Gasteiger partial charge in [0, 0.05) is 5.69 Å². The van der Waals surface area contributed by atoms with Crippen molar-refractivity contribution in [2.75, 3.05) is 0 Å². The molecule has 2 heterocycles. The Labute approximate surface area is 156 Å². The number of aryl methyl sites for hydroxylation is 2. The van der Waals surface area contributed by atoms with Crippen molar-refractivity contribution in [2.45, 2.75) is 33.4 Å². The minimum atomic E-state index is -0.914. The number of carbonyl (C=O) groups excluding carboxylic acids is 2. The summed E-state index contributed by atoms with van der Waals surface area (Å²) in [4.78, 5) is 24.3. The van der Waals surface area contributed by atoms with E-state index in [2.05, 4.69) is 10.4 Å². The average molecular weight is 367 g/mol. The van der Waals surface area contributed by atoms with Gasteiger partial charge in [-0.1, -0.05) is 0 Å². The molecule has 7 nitrogen and oxygen atoms in total. The number of rotatable bonds is 6. The molecule has 27 heavy (non-hydrogen) atoms. The third-order valence-electron chi connectivity index (χ3n) is 4.03. The van der Waals surface area contributed by atoms with Crippen LogP contribution < -0.4 is 5.32 Å². The molecule has 0 saturated carbocycles. The maximum Gasteiger partial charge on any atom is 0.338 e. The van der Waals surface area contributed by atoms with Gasteiger partial charge in [-0.3, -0.25) is 4.79 Å². The molecule has 7 heteroatoms. The summed E-state index contributed by atoms with van der Waals surface area (Å²) < 4.78 is 12.2. The van der Waals surface area contributed by atoms with E-state index in [1.165, 1.54) is 13.2 Å². The lowest BCUT2D eigenvalue weighted by Crippen LogP contribution is -2.35. The summed E-state index contributed by atoms with van der Waals surface area (Å²) in [5, 5.41) is 7.07. The number of nitrogens with zero attached hydrogens (tertiary/aromatic N) is 2. The highest BCUT2D eigenvalue weighted by Crippen LogP contribution is 2.14. The first-order valence-corrected chi connectivity index (χ1v) is 8.59. The van der Waals surface area contributed by atoms with Crippen LogP contribution in [-0.4, -0.2) is 27.8 Å². The van der Waals surface area contributed by atoms with Crippen LogP contribution in [0.3, 0.4) is 0 Å². The monoisotopic (exact) mass is 367 g/mol. The van der Waals surface area contributed by atoms with E-state index in [9.17, 15) is 9.59 Å². The quantitative estimate of drug-likeness (QED) is 0.677. The van der Waals surface area contributed by atoms with Crippen LogP contribution in [-0.2, 0) is 16.1 Å². The number of amides is 1. The summed E-state index contributed by atoms with van der Waals surface area (Å²) in [6.45, 7) is 5.66. The molecular formula is C20H21N3O4. The Morgan fingerprint density at radius 3 is 2.56 bits per heavy atom. The van der Waals surface area contributed by atoms with E-state index in [0.29, 0.717) is 11.3 Å². The number of esters is 1. The standard InChI is InChI=1S/C20H21N3O4/c1-13-11-14(2)23(22-13)17-8-6-16(7-9-17)20(25)27-15(3)19(24)21-12-18-5-4-10-26-18/h4-11,15H,12H2,1-3H3,(H,21,24)/t15-/m0/s1. The fourth-order valence-electron chi connectivity index (χ4n) is 2.64. The van der Waals surface area contributed by atoms with Crippen molar-refractivity contribution < 1.29 is 18.7 Å². The molecule has 3 rings (SSSR count). The first kappa shape index (κ1) is 18.4. The molecule has 0 unspecified atom stereocenters. The molecule has 1 N–H and O–H groups in total. The molecule has 0 aliphatic rings. The predicted octanol–water partition coefficient (Wildman–Crippen LogP) is 2.94. The van der Waals surface area contributed by atoms with Gasteiger partial charge in [0.2, 0.25) is 0 Å². The van der Waals surface area contributed by atoms with Gasteiger partial charge in [-0.25, -0.2) is 9.48 Å². The molecule has 0 spiro atoms. The van der Waals surface area contributed by atoms with Crippen LogP contribution in [0.4, 0.5) is 0 Å². The third-order valence-corrected chi connectivity index (χ3v) is 4.03. The minimum absolute atomic E-state index is 0.241. The molecule has 0 aliphatic heterocycles. The number of hydrogen-bond acceptors (Lipinski definition) is 5. The first-order valence-electron chi connectivity index (χ1n) is 8.59. The van der Waals surface area contributed by atoms with Gasteiger partial charge in [-0.05, 0) is 63.2 Å². The molecule has 1 atom stereocenters. The minimum Gasteiger partial charge on any atom is -0.467 e. The molecule has 0 radical (unpaired) electrons. The maximum absolute atomic E-state index is 12.3.